The number of aryl methyl sites for hydroxylation is 1. The van der Waals surface area contributed by atoms with Gasteiger partial charge >= 0.3 is 6.09 Å². The average Bonchev–Trinajstić information content (AvgIpc) is 2.39. The summed E-state index contributed by atoms with van der Waals surface area (Å²) >= 11 is 12.1. The lowest BCUT2D eigenvalue weighted by Gasteiger charge is -2.19. The Morgan fingerprint density at radius 2 is 1.91 bits per heavy atom. The maximum Gasteiger partial charge on any atom is 0.407 e. The summed E-state index contributed by atoms with van der Waals surface area (Å²) in [5, 5.41) is 3.64. The van der Waals surface area contributed by atoms with Gasteiger partial charge in [0, 0.05) is 17.1 Å². The monoisotopic (exact) mass is 345 g/mol. The first-order valence-electron chi connectivity index (χ1n) is 7.13. The fraction of sp³-hybridized carbons (Fsp3) is 0.500. The molecule has 0 fully saturated rings. The van der Waals surface area contributed by atoms with Gasteiger partial charge in [-0.1, -0.05) is 23.2 Å². The molecule has 1 N–H and O–H groups in total. The van der Waals surface area contributed by atoms with Crippen LogP contribution in [0.15, 0.2) is 12.1 Å². The number of benzene rings is 1. The molecule has 4 nitrogen and oxygen atoms in total. The smallest absolute Gasteiger partial charge is 0.407 e. The van der Waals surface area contributed by atoms with Crippen molar-refractivity contribution in [3.05, 3.63) is 33.3 Å². The number of nitrogens with one attached hydrogen (secondary N) is 1. The Bertz CT molecular complexity index is 539. The van der Waals surface area contributed by atoms with Crippen molar-refractivity contribution < 1.29 is 14.3 Å². The molecule has 0 spiro atoms. The zero-order chi connectivity index (χ0) is 16.8. The lowest BCUT2D eigenvalue weighted by Crippen LogP contribution is -2.33. The number of aldehydes is 1. The predicted octanol–water partition coefficient (Wildman–Crippen LogP) is 4.65. The van der Waals surface area contributed by atoms with E-state index in [-0.39, 0.29) is 0 Å². The molecule has 0 bridgehead atoms. The van der Waals surface area contributed by atoms with Crippen LogP contribution in [0.1, 0.15) is 49.5 Å². The van der Waals surface area contributed by atoms with E-state index in [1.807, 2.05) is 20.8 Å². The van der Waals surface area contributed by atoms with Gasteiger partial charge in [-0.3, -0.25) is 4.79 Å². The third-order valence-corrected chi connectivity index (χ3v) is 3.51. The first kappa shape index (κ1) is 18.8. The lowest BCUT2D eigenvalue weighted by molar-refractivity contribution is 0.0527. The molecule has 1 aromatic carbocycles. The van der Waals surface area contributed by atoms with Crippen LogP contribution >= 0.6 is 23.2 Å². The Hall–Kier alpha value is -1.26. The van der Waals surface area contributed by atoms with Gasteiger partial charge < -0.3 is 10.1 Å². The summed E-state index contributed by atoms with van der Waals surface area (Å²) in [5.74, 6) is 0. The van der Waals surface area contributed by atoms with Gasteiger partial charge in [0.2, 0.25) is 0 Å². The predicted molar refractivity (Wildman–Crippen MR) is 89.0 cm³/mol. The minimum Gasteiger partial charge on any atom is -0.444 e. The third-order valence-electron chi connectivity index (χ3n) is 2.83. The van der Waals surface area contributed by atoms with Gasteiger partial charge in [-0.15, -0.1) is 0 Å². The van der Waals surface area contributed by atoms with E-state index >= 15 is 0 Å². The van der Waals surface area contributed by atoms with E-state index < -0.39 is 11.7 Å². The number of hydrogen-bond donors (Lipinski definition) is 1. The van der Waals surface area contributed by atoms with Crippen molar-refractivity contribution in [2.75, 3.05) is 6.54 Å². The van der Waals surface area contributed by atoms with Gasteiger partial charge in [0.25, 0.3) is 0 Å². The molecule has 0 saturated heterocycles. The van der Waals surface area contributed by atoms with Gasteiger partial charge in [-0.25, -0.2) is 4.79 Å². The van der Waals surface area contributed by atoms with Crippen LogP contribution in [0.4, 0.5) is 4.79 Å². The fourth-order valence-electron chi connectivity index (χ4n) is 1.83. The van der Waals surface area contributed by atoms with Crippen molar-refractivity contribution in [1.29, 1.82) is 0 Å². The molecule has 0 heterocycles. The highest BCUT2D eigenvalue weighted by Gasteiger charge is 2.15. The standard InChI is InChI=1S/C16H21Cl2NO3/c1-16(2,3)22-15(21)19-7-5-4-6-11-8-14(18)12(10-20)9-13(11)17/h8-10H,4-7H2,1-3H3,(H,19,21). The summed E-state index contributed by atoms with van der Waals surface area (Å²) in [5.41, 5.74) is 0.797. The summed E-state index contributed by atoms with van der Waals surface area (Å²) in [6.07, 6.45) is 2.63. The second-order valence-corrected chi connectivity index (χ2v) is 6.78. The van der Waals surface area contributed by atoms with E-state index in [1.54, 1.807) is 12.1 Å². The van der Waals surface area contributed by atoms with E-state index in [2.05, 4.69) is 5.32 Å². The molecule has 0 atom stereocenters. The van der Waals surface area contributed by atoms with E-state index in [0.29, 0.717) is 28.4 Å². The van der Waals surface area contributed by atoms with Crippen molar-refractivity contribution in [3.8, 4) is 0 Å². The molecule has 1 amide bonds. The number of carbonyl (C=O) groups is 2. The Balaban J connectivity index is 2.35. The van der Waals surface area contributed by atoms with Crippen molar-refractivity contribution >= 4 is 35.6 Å². The zero-order valence-electron chi connectivity index (χ0n) is 13.0. The number of amides is 1. The molecule has 0 saturated carbocycles. The molecule has 122 valence electrons. The molecule has 1 rings (SSSR count). The number of hydrogen-bond acceptors (Lipinski definition) is 3. The summed E-state index contributed by atoms with van der Waals surface area (Å²) in [7, 11) is 0. The minimum atomic E-state index is -0.491. The van der Waals surface area contributed by atoms with Crippen molar-refractivity contribution in [2.24, 2.45) is 0 Å². The highest BCUT2D eigenvalue weighted by molar-refractivity contribution is 6.35. The number of rotatable bonds is 6. The quantitative estimate of drug-likeness (QED) is 0.602. The fourth-order valence-corrected chi connectivity index (χ4v) is 2.33. The normalized spacial score (nSPS) is 11.1. The summed E-state index contributed by atoms with van der Waals surface area (Å²) in [6.45, 7) is 6.00. The van der Waals surface area contributed by atoms with Crippen molar-refractivity contribution in [2.45, 2.75) is 45.6 Å². The molecule has 6 heteroatoms. The summed E-state index contributed by atoms with van der Waals surface area (Å²) < 4.78 is 5.14. The molecule has 0 aliphatic heterocycles. The summed E-state index contributed by atoms with van der Waals surface area (Å²) in [4.78, 5) is 22.2. The minimum absolute atomic E-state index is 0.391. The zero-order valence-corrected chi connectivity index (χ0v) is 14.6. The first-order valence-corrected chi connectivity index (χ1v) is 7.88. The van der Waals surface area contributed by atoms with Crippen LogP contribution in [0, 0.1) is 0 Å². The molecule has 22 heavy (non-hydrogen) atoms. The Labute approximate surface area is 141 Å². The molecular formula is C16H21Cl2NO3. The maximum atomic E-state index is 11.5. The summed E-state index contributed by atoms with van der Waals surface area (Å²) in [6, 6.07) is 3.29. The van der Waals surface area contributed by atoms with E-state index in [0.717, 1.165) is 24.8 Å². The van der Waals surface area contributed by atoms with Crippen LogP contribution in [0.25, 0.3) is 0 Å². The third kappa shape index (κ3) is 6.67. The van der Waals surface area contributed by atoms with Gasteiger partial charge in [-0.05, 0) is 57.7 Å². The Morgan fingerprint density at radius 1 is 1.23 bits per heavy atom. The van der Waals surface area contributed by atoms with Crippen LogP contribution in [-0.4, -0.2) is 24.5 Å². The number of halogens is 2. The molecule has 0 unspecified atom stereocenters. The van der Waals surface area contributed by atoms with Gasteiger partial charge in [0.05, 0.1) is 5.02 Å². The first-order chi connectivity index (χ1) is 10.2. The topological polar surface area (TPSA) is 55.4 Å². The second kappa shape index (κ2) is 8.39. The molecule has 0 aliphatic carbocycles. The maximum absolute atomic E-state index is 11.5. The van der Waals surface area contributed by atoms with Gasteiger partial charge in [0.15, 0.2) is 6.29 Å². The van der Waals surface area contributed by atoms with Crippen LogP contribution in [0.3, 0.4) is 0 Å². The lowest BCUT2D eigenvalue weighted by atomic mass is 10.1. The Kier molecular flexibility index (Phi) is 7.17. The van der Waals surface area contributed by atoms with Crippen LogP contribution in [-0.2, 0) is 11.2 Å². The van der Waals surface area contributed by atoms with Crippen LogP contribution in [0.5, 0.6) is 0 Å². The number of unbranched alkanes of at least 4 members (excludes halogenated alkanes) is 1. The molecule has 0 radical (unpaired) electrons. The van der Waals surface area contributed by atoms with E-state index in [9.17, 15) is 9.59 Å². The van der Waals surface area contributed by atoms with Crippen LogP contribution in [0.2, 0.25) is 10.0 Å². The van der Waals surface area contributed by atoms with Crippen molar-refractivity contribution in [3.63, 3.8) is 0 Å². The second-order valence-electron chi connectivity index (χ2n) is 5.97. The van der Waals surface area contributed by atoms with Gasteiger partial charge in [-0.2, -0.15) is 0 Å². The van der Waals surface area contributed by atoms with E-state index in [1.165, 1.54) is 0 Å². The van der Waals surface area contributed by atoms with Gasteiger partial charge in [0.1, 0.15) is 5.60 Å². The SMILES string of the molecule is CC(C)(C)OC(=O)NCCCCc1cc(Cl)c(C=O)cc1Cl. The number of carbonyl (C=O) groups excluding carboxylic acids is 2. The van der Waals surface area contributed by atoms with Crippen LogP contribution < -0.4 is 5.32 Å². The number of alkyl carbamates (subject to hydrolysis) is 1. The van der Waals surface area contributed by atoms with E-state index in [4.69, 9.17) is 27.9 Å². The average molecular weight is 346 g/mol. The highest BCUT2D eigenvalue weighted by Crippen LogP contribution is 2.25. The molecule has 0 aliphatic rings. The largest absolute Gasteiger partial charge is 0.444 e. The molecular weight excluding hydrogens is 325 g/mol. The molecule has 1 aromatic rings. The van der Waals surface area contributed by atoms with Crippen molar-refractivity contribution in [1.82, 2.24) is 5.32 Å². The Morgan fingerprint density at radius 3 is 2.50 bits per heavy atom. The molecule has 0 aromatic heterocycles. The highest BCUT2D eigenvalue weighted by atomic mass is 35.5. The number of ether oxygens (including phenoxy) is 1.